The maximum atomic E-state index is 12.6. The SMILES string of the molecule is CC(NS(=O)(=O)c1c(N)cc(Br)cc1Br)C1CCOCC1. The van der Waals surface area contributed by atoms with Gasteiger partial charge in [-0.1, -0.05) is 15.9 Å². The molecule has 0 aliphatic carbocycles. The van der Waals surface area contributed by atoms with E-state index in [2.05, 4.69) is 36.6 Å². The van der Waals surface area contributed by atoms with Gasteiger partial charge in [0.25, 0.3) is 0 Å². The zero-order chi connectivity index (χ0) is 15.6. The highest BCUT2D eigenvalue weighted by atomic mass is 79.9. The monoisotopic (exact) mass is 440 g/mol. The number of nitrogens with two attached hydrogens (primary N) is 1. The normalized spacial score (nSPS) is 18.6. The second kappa shape index (κ2) is 6.95. The van der Waals surface area contributed by atoms with Gasteiger partial charge in [0.1, 0.15) is 4.90 Å². The Labute approximate surface area is 141 Å². The van der Waals surface area contributed by atoms with E-state index in [1.165, 1.54) is 0 Å². The molecular formula is C13H18Br2N2O3S. The van der Waals surface area contributed by atoms with Crippen molar-refractivity contribution in [2.75, 3.05) is 18.9 Å². The van der Waals surface area contributed by atoms with Gasteiger partial charge in [-0.2, -0.15) is 0 Å². The number of sulfonamides is 1. The van der Waals surface area contributed by atoms with Crippen LogP contribution in [0.1, 0.15) is 19.8 Å². The van der Waals surface area contributed by atoms with Crippen molar-refractivity contribution in [1.82, 2.24) is 4.72 Å². The summed E-state index contributed by atoms with van der Waals surface area (Å²) in [6.07, 6.45) is 1.72. The van der Waals surface area contributed by atoms with Crippen molar-refractivity contribution in [1.29, 1.82) is 0 Å². The minimum absolute atomic E-state index is 0.0876. The van der Waals surface area contributed by atoms with Crippen molar-refractivity contribution in [3.05, 3.63) is 21.1 Å². The van der Waals surface area contributed by atoms with Crippen LogP contribution in [0.25, 0.3) is 0 Å². The van der Waals surface area contributed by atoms with E-state index in [9.17, 15) is 8.42 Å². The van der Waals surface area contributed by atoms with Crippen LogP contribution in [-0.2, 0) is 14.8 Å². The number of rotatable bonds is 4. The standard InChI is InChI=1S/C13H18Br2N2O3S/c1-8(9-2-4-20-5-3-9)17-21(18,19)13-11(15)6-10(14)7-12(13)16/h6-9,17H,2-5,16H2,1H3. The van der Waals surface area contributed by atoms with Crippen LogP contribution in [-0.4, -0.2) is 27.7 Å². The third kappa shape index (κ3) is 4.19. The van der Waals surface area contributed by atoms with Crippen LogP contribution < -0.4 is 10.5 Å². The Morgan fingerprint density at radius 1 is 1.33 bits per heavy atom. The van der Waals surface area contributed by atoms with Crippen LogP contribution in [0.2, 0.25) is 0 Å². The summed E-state index contributed by atoms with van der Waals surface area (Å²) in [6.45, 7) is 3.25. The summed E-state index contributed by atoms with van der Waals surface area (Å²) in [5.41, 5.74) is 6.07. The third-order valence-electron chi connectivity index (χ3n) is 3.62. The summed E-state index contributed by atoms with van der Waals surface area (Å²) in [4.78, 5) is 0.0876. The summed E-state index contributed by atoms with van der Waals surface area (Å²) in [7, 11) is -3.67. The molecule has 118 valence electrons. The molecule has 2 rings (SSSR count). The predicted octanol–water partition coefficient (Wildman–Crippen LogP) is 2.89. The second-order valence-electron chi connectivity index (χ2n) is 5.17. The predicted molar refractivity (Wildman–Crippen MR) is 89.6 cm³/mol. The number of hydrogen-bond acceptors (Lipinski definition) is 4. The van der Waals surface area contributed by atoms with E-state index in [0.717, 1.165) is 17.3 Å². The first kappa shape index (κ1) is 17.2. The number of ether oxygens (including phenoxy) is 1. The van der Waals surface area contributed by atoms with Crippen LogP contribution >= 0.6 is 31.9 Å². The van der Waals surface area contributed by atoms with Crippen molar-refractivity contribution in [3.63, 3.8) is 0 Å². The summed E-state index contributed by atoms with van der Waals surface area (Å²) < 4.78 is 34.4. The van der Waals surface area contributed by atoms with Gasteiger partial charge in [0.15, 0.2) is 0 Å². The third-order valence-corrected chi connectivity index (χ3v) is 6.64. The fraction of sp³-hybridized carbons (Fsp3) is 0.538. The minimum atomic E-state index is -3.67. The molecule has 0 amide bonds. The van der Waals surface area contributed by atoms with Crippen LogP contribution in [0.4, 0.5) is 5.69 Å². The van der Waals surface area contributed by atoms with Gasteiger partial charge in [0, 0.05) is 28.2 Å². The van der Waals surface area contributed by atoms with E-state index in [4.69, 9.17) is 10.5 Å². The molecule has 0 bridgehead atoms. The zero-order valence-electron chi connectivity index (χ0n) is 11.6. The lowest BCUT2D eigenvalue weighted by molar-refractivity contribution is 0.0585. The lowest BCUT2D eigenvalue weighted by atomic mass is 9.94. The number of nitrogen functional groups attached to an aromatic ring is 1. The van der Waals surface area contributed by atoms with Gasteiger partial charge in [0.2, 0.25) is 10.0 Å². The van der Waals surface area contributed by atoms with Crippen molar-refractivity contribution in [2.24, 2.45) is 5.92 Å². The number of hydrogen-bond donors (Lipinski definition) is 2. The summed E-state index contributed by atoms with van der Waals surface area (Å²) >= 11 is 6.56. The lowest BCUT2D eigenvalue weighted by Crippen LogP contribution is -2.40. The van der Waals surface area contributed by atoms with E-state index < -0.39 is 10.0 Å². The smallest absolute Gasteiger partial charge is 0.243 e. The first-order chi connectivity index (χ1) is 9.81. The molecule has 1 aromatic carbocycles. The Kier molecular flexibility index (Phi) is 5.70. The van der Waals surface area contributed by atoms with Crippen LogP contribution in [0.15, 0.2) is 26.0 Å². The van der Waals surface area contributed by atoms with Crippen LogP contribution in [0, 0.1) is 5.92 Å². The molecule has 5 nitrogen and oxygen atoms in total. The number of halogens is 2. The molecule has 1 atom stereocenters. The van der Waals surface area contributed by atoms with Crippen molar-refractivity contribution >= 4 is 47.6 Å². The summed E-state index contributed by atoms with van der Waals surface area (Å²) in [5.74, 6) is 0.281. The fourth-order valence-corrected chi connectivity index (χ4v) is 5.86. The number of benzene rings is 1. The molecule has 8 heteroatoms. The Morgan fingerprint density at radius 2 is 1.95 bits per heavy atom. The number of anilines is 1. The first-order valence-corrected chi connectivity index (χ1v) is 9.73. The molecule has 1 fully saturated rings. The first-order valence-electron chi connectivity index (χ1n) is 6.66. The van der Waals surface area contributed by atoms with Crippen LogP contribution in [0.3, 0.4) is 0 Å². The second-order valence-corrected chi connectivity index (χ2v) is 8.59. The Bertz CT molecular complexity index is 593. The lowest BCUT2D eigenvalue weighted by Gasteiger charge is -2.28. The topological polar surface area (TPSA) is 81.4 Å². The molecule has 0 radical (unpaired) electrons. The molecule has 0 spiro atoms. The Balaban J connectivity index is 2.22. The largest absolute Gasteiger partial charge is 0.398 e. The summed E-state index contributed by atoms with van der Waals surface area (Å²) in [6, 6.07) is 3.09. The quantitative estimate of drug-likeness (QED) is 0.703. The van der Waals surface area contributed by atoms with E-state index >= 15 is 0 Å². The van der Waals surface area contributed by atoms with E-state index in [0.29, 0.717) is 17.7 Å². The average molecular weight is 442 g/mol. The van der Waals surface area contributed by atoms with Crippen molar-refractivity contribution < 1.29 is 13.2 Å². The van der Waals surface area contributed by atoms with Gasteiger partial charge in [-0.05, 0) is 53.7 Å². The molecule has 1 unspecified atom stereocenters. The van der Waals surface area contributed by atoms with Gasteiger partial charge >= 0.3 is 0 Å². The molecule has 3 N–H and O–H groups in total. The van der Waals surface area contributed by atoms with Gasteiger partial charge in [-0.25, -0.2) is 13.1 Å². The molecule has 1 aromatic rings. The molecule has 0 aromatic heterocycles. The molecule has 1 aliphatic heterocycles. The molecular weight excluding hydrogens is 424 g/mol. The van der Waals surface area contributed by atoms with Gasteiger partial charge in [-0.15, -0.1) is 0 Å². The molecule has 1 heterocycles. The highest BCUT2D eigenvalue weighted by Gasteiger charge is 2.28. The molecule has 1 saturated heterocycles. The molecule has 1 aliphatic rings. The summed E-state index contributed by atoms with van der Waals surface area (Å²) in [5, 5.41) is 0. The maximum Gasteiger partial charge on any atom is 0.243 e. The fourth-order valence-electron chi connectivity index (χ4n) is 2.48. The Hall–Kier alpha value is -0.150. The molecule has 0 saturated carbocycles. The van der Waals surface area contributed by atoms with E-state index in [-0.39, 0.29) is 22.5 Å². The van der Waals surface area contributed by atoms with Crippen molar-refractivity contribution in [2.45, 2.75) is 30.7 Å². The highest BCUT2D eigenvalue weighted by molar-refractivity contribution is 9.11. The number of nitrogens with one attached hydrogen (secondary N) is 1. The minimum Gasteiger partial charge on any atom is -0.398 e. The van der Waals surface area contributed by atoms with Gasteiger partial charge < -0.3 is 10.5 Å². The maximum absolute atomic E-state index is 12.6. The molecule has 21 heavy (non-hydrogen) atoms. The van der Waals surface area contributed by atoms with Crippen molar-refractivity contribution in [3.8, 4) is 0 Å². The van der Waals surface area contributed by atoms with E-state index in [1.54, 1.807) is 12.1 Å². The van der Waals surface area contributed by atoms with E-state index in [1.807, 2.05) is 6.92 Å². The highest BCUT2D eigenvalue weighted by Crippen LogP contribution is 2.32. The van der Waals surface area contributed by atoms with Gasteiger partial charge in [0.05, 0.1) is 5.69 Å². The zero-order valence-corrected chi connectivity index (χ0v) is 15.6. The average Bonchev–Trinajstić information content (AvgIpc) is 2.37. The Morgan fingerprint density at radius 3 is 2.52 bits per heavy atom. The van der Waals surface area contributed by atoms with Crippen LogP contribution in [0.5, 0.6) is 0 Å². The van der Waals surface area contributed by atoms with Gasteiger partial charge in [-0.3, -0.25) is 0 Å².